The maximum Gasteiger partial charge on any atom is 0.239 e. The summed E-state index contributed by atoms with van der Waals surface area (Å²) in [6.07, 6.45) is 0. The van der Waals surface area contributed by atoms with Crippen LogP contribution < -0.4 is 5.32 Å². The average molecular weight is 432 g/mol. The summed E-state index contributed by atoms with van der Waals surface area (Å²) in [6.45, 7) is 1.88. The molecule has 0 saturated carbocycles. The Balaban J connectivity index is 2.11. The molecule has 5 heteroatoms. The highest BCUT2D eigenvalue weighted by molar-refractivity contribution is 9.12. The molecule has 21 heavy (non-hydrogen) atoms. The van der Waals surface area contributed by atoms with Crippen molar-refractivity contribution in [2.45, 2.75) is 16.6 Å². The lowest BCUT2D eigenvalue weighted by Crippen LogP contribution is -2.26. The molecular weight excluding hydrogens is 417 g/mol. The van der Waals surface area contributed by atoms with Crippen LogP contribution >= 0.6 is 43.5 Å². The van der Waals surface area contributed by atoms with Crippen LogP contribution in [0.2, 0.25) is 5.02 Å². The molecule has 110 valence electrons. The molecule has 0 radical (unpaired) electrons. The van der Waals surface area contributed by atoms with E-state index in [1.165, 1.54) is 0 Å². The van der Waals surface area contributed by atoms with Crippen LogP contribution in [0.4, 0.5) is 5.69 Å². The Morgan fingerprint density at radius 1 is 1.10 bits per heavy atom. The minimum absolute atomic E-state index is 0.113. The zero-order valence-electron chi connectivity index (χ0n) is 11.3. The van der Waals surface area contributed by atoms with Crippen molar-refractivity contribution in [1.29, 1.82) is 0 Å². The molecule has 0 aliphatic heterocycles. The van der Waals surface area contributed by atoms with Gasteiger partial charge in [0.25, 0.3) is 0 Å². The van der Waals surface area contributed by atoms with E-state index in [0.29, 0.717) is 5.02 Å². The van der Waals surface area contributed by atoms with E-state index in [1.807, 2.05) is 49.4 Å². The van der Waals surface area contributed by atoms with Gasteiger partial charge in [-0.05, 0) is 30.2 Å². The monoisotopic (exact) mass is 429 g/mol. The number of anilines is 1. The molecule has 1 amide bonds. The smallest absolute Gasteiger partial charge is 0.239 e. The van der Waals surface area contributed by atoms with Crippen molar-refractivity contribution in [2.75, 3.05) is 5.32 Å². The number of hydrogen-bond acceptors (Lipinski definition) is 1. The third kappa shape index (κ3) is 4.09. The van der Waals surface area contributed by atoms with Crippen molar-refractivity contribution in [3.8, 4) is 0 Å². The summed E-state index contributed by atoms with van der Waals surface area (Å²) >= 11 is 13.1. The normalized spacial score (nSPS) is 13.5. The van der Waals surface area contributed by atoms with Gasteiger partial charge in [0.1, 0.15) is 4.83 Å². The Bertz CT molecular complexity index is 633. The van der Waals surface area contributed by atoms with Crippen LogP contribution in [0.25, 0.3) is 0 Å². The number of alkyl halides is 2. The van der Waals surface area contributed by atoms with Gasteiger partial charge in [0, 0.05) is 10.7 Å². The molecule has 0 spiro atoms. The van der Waals surface area contributed by atoms with Crippen LogP contribution in [0.5, 0.6) is 0 Å². The van der Waals surface area contributed by atoms with Crippen molar-refractivity contribution in [3.05, 3.63) is 64.7 Å². The highest BCUT2D eigenvalue weighted by Gasteiger charge is 2.25. The highest BCUT2D eigenvalue weighted by Crippen LogP contribution is 2.32. The number of carbonyl (C=O) groups is 1. The summed E-state index contributed by atoms with van der Waals surface area (Å²) in [5.74, 6) is -0.119. The molecule has 1 N–H and O–H groups in total. The van der Waals surface area contributed by atoms with Crippen molar-refractivity contribution in [1.82, 2.24) is 0 Å². The van der Waals surface area contributed by atoms with Crippen molar-refractivity contribution < 1.29 is 4.79 Å². The van der Waals surface area contributed by atoms with E-state index in [4.69, 9.17) is 11.6 Å². The van der Waals surface area contributed by atoms with Crippen LogP contribution in [0, 0.1) is 6.92 Å². The molecule has 2 unspecified atom stereocenters. The fraction of sp³-hybridized carbons (Fsp3) is 0.188. The van der Waals surface area contributed by atoms with Gasteiger partial charge in [0.15, 0.2) is 0 Å². The molecule has 0 aliphatic rings. The minimum Gasteiger partial charge on any atom is -0.325 e. The van der Waals surface area contributed by atoms with Gasteiger partial charge in [0.2, 0.25) is 5.91 Å². The molecular formula is C16H14Br2ClNO. The highest BCUT2D eigenvalue weighted by atomic mass is 79.9. The lowest BCUT2D eigenvalue weighted by atomic mass is 10.1. The summed E-state index contributed by atoms with van der Waals surface area (Å²) in [7, 11) is 0. The van der Waals surface area contributed by atoms with E-state index in [9.17, 15) is 4.79 Å². The minimum atomic E-state index is -0.390. The van der Waals surface area contributed by atoms with Crippen LogP contribution in [-0.4, -0.2) is 10.7 Å². The van der Waals surface area contributed by atoms with Gasteiger partial charge in [-0.1, -0.05) is 79.9 Å². The van der Waals surface area contributed by atoms with Crippen molar-refractivity contribution in [3.63, 3.8) is 0 Å². The first kappa shape index (κ1) is 16.5. The Hall–Kier alpha value is -0.840. The van der Waals surface area contributed by atoms with Gasteiger partial charge >= 0.3 is 0 Å². The Morgan fingerprint density at radius 2 is 1.76 bits per heavy atom. The number of carbonyl (C=O) groups excluding carboxylic acids is 1. The Morgan fingerprint density at radius 3 is 2.43 bits per heavy atom. The summed E-state index contributed by atoms with van der Waals surface area (Å²) < 4.78 is 0. The van der Waals surface area contributed by atoms with Gasteiger partial charge in [-0.3, -0.25) is 4.79 Å². The molecule has 0 aliphatic carbocycles. The van der Waals surface area contributed by atoms with E-state index in [-0.39, 0.29) is 10.7 Å². The number of benzene rings is 2. The lowest BCUT2D eigenvalue weighted by molar-refractivity contribution is -0.115. The van der Waals surface area contributed by atoms with Crippen LogP contribution in [0.1, 0.15) is 16.0 Å². The summed E-state index contributed by atoms with van der Waals surface area (Å²) in [4.78, 5) is 11.9. The molecule has 2 atom stereocenters. The third-order valence-electron chi connectivity index (χ3n) is 3.15. The number of rotatable bonds is 4. The van der Waals surface area contributed by atoms with Crippen molar-refractivity contribution in [2.24, 2.45) is 0 Å². The molecule has 0 heterocycles. The molecule has 2 nitrogen and oxygen atoms in total. The molecule has 2 aromatic carbocycles. The Kier molecular flexibility index (Phi) is 5.85. The maximum atomic E-state index is 12.4. The molecule has 0 fully saturated rings. The van der Waals surface area contributed by atoms with Gasteiger partial charge in [0.05, 0.1) is 4.83 Å². The van der Waals surface area contributed by atoms with E-state index >= 15 is 0 Å². The van der Waals surface area contributed by atoms with Crippen LogP contribution in [-0.2, 0) is 4.79 Å². The second kappa shape index (κ2) is 7.43. The lowest BCUT2D eigenvalue weighted by Gasteiger charge is -2.18. The third-order valence-corrected chi connectivity index (χ3v) is 6.27. The standard InChI is InChI=1S/C16H14Br2ClNO/c1-10-12(19)8-5-9-13(10)20-16(21)15(18)14(17)11-6-3-2-4-7-11/h2-9,14-15H,1H3,(H,20,21). The van der Waals surface area contributed by atoms with Crippen molar-refractivity contribution >= 4 is 55.1 Å². The molecule has 0 bridgehead atoms. The maximum absolute atomic E-state index is 12.4. The first-order chi connectivity index (χ1) is 10.0. The summed E-state index contributed by atoms with van der Waals surface area (Å²) in [6, 6.07) is 15.3. The zero-order valence-corrected chi connectivity index (χ0v) is 15.2. The predicted octanol–water partition coefficient (Wildman–Crippen LogP) is 5.49. The van der Waals surface area contributed by atoms with Gasteiger partial charge in [-0.25, -0.2) is 0 Å². The predicted molar refractivity (Wildman–Crippen MR) is 95.6 cm³/mol. The first-order valence-corrected chi connectivity index (χ1v) is 8.60. The van der Waals surface area contributed by atoms with Crippen LogP contribution in [0.15, 0.2) is 48.5 Å². The molecule has 0 saturated heterocycles. The summed E-state index contributed by atoms with van der Waals surface area (Å²) in [5.41, 5.74) is 2.63. The van der Waals surface area contributed by atoms with E-state index in [0.717, 1.165) is 16.8 Å². The second-order valence-electron chi connectivity index (χ2n) is 4.62. The summed E-state index contributed by atoms with van der Waals surface area (Å²) in [5, 5.41) is 3.54. The zero-order chi connectivity index (χ0) is 15.4. The largest absolute Gasteiger partial charge is 0.325 e. The average Bonchev–Trinajstić information content (AvgIpc) is 2.51. The SMILES string of the molecule is Cc1c(Cl)cccc1NC(=O)C(Br)C(Br)c1ccccc1. The fourth-order valence-electron chi connectivity index (χ4n) is 1.88. The number of nitrogens with one attached hydrogen (secondary N) is 1. The van der Waals surface area contributed by atoms with Gasteiger partial charge in [-0.15, -0.1) is 0 Å². The van der Waals surface area contributed by atoms with E-state index in [2.05, 4.69) is 37.2 Å². The van der Waals surface area contributed by atoms with E-state index < -0.39 is 4.83 Å². The van der Waals surface area contributed by atoms with Gasteiger partial charge < -0.3 is 5.32 Å². The van der Waals surface area contributed by atoms with Gasteiger partial charge in [-0.2, -0.15) is 0 Å². The molecule has 2 rings (SSSR count). The number of amides is 1. The fourth-order valence-corrected chi connectivity index (χ4v) is 3.02. The quantitative estimate of drug-likeness (QED) is 0.638. The topological polar surface area (TPSA) is 29.1 Å². The second-order valence-corrected chi connectivity index (χ2v) is 7.00. The van der Waals surface area contributed by atoms with E-state index in [1.54, 1.807) is 6.07 Å². The Labute approximate surface area is 146 Å². The molecule has 0 aromatic heterocycles. The number of halogens is 3. The number of hydrogen-bond donors (Lipinski definition) is 1. The van der Waals surface area contributed by atoms with Crippen LogP contribution in [0.3, 0.4) is 0 Å². The molecule has 2 aromatic rings. The first-order valence-electron chi connectivity index (χ1n) is 6.39.